The van der Waals surface area contributed by atoms with Gasteiger partial charge in [0, 0.05) is 6.54 Å². The van der Waals surface area contributed by atoms with Gasteiger partial charge in [-0.25, -0.2) is 0 Å². The molecular weight excluding hydrogens is 158 g/mol. The molecule has 0 radical (unpaired) electrons. The van der Waals surface area contributed by atoms with Crippen LogP contribution in [0.1, 0.15) is 26.2 Å². The van der Waals surface area contributed by atoms with Crippen molar-refractivity contribution in [3.8, 4) is 0 Å². The third kappa shape index (κ3) is 2.19. The van der Waals surface area contributed by atoms with Crippen molar-refractivity contribution in [2.75, 3.05) is 13.2 Å². The standard InChI is InChI=1S/C8H15NO3/c1-2-12-9-6-4-3-5-7(9)8(10)11/h7H,2-6H2,1H3,(H,10,11). The van der Waals surface area contributed by atoms with Crippen molar-refractivity contribution in [1.82, 2.24) is 5.06 Å². The van der Waals surface area contributed by atoms with Crippen molar-refractivity contribution in [2.45, 2.75) is 32.2 Å². The highest BCUT2D eigenvalue weighted by Gasteiger charge is 2.28. The third-order valence-electron chi connectivity index (χ3n) is 2.03. The number of carbonyl (C=O) groups is 1. The van der Waals surface area contributed by atoms with Crippen LogP contribution in [0.25, 0.3) is 0 Å². The van der Waals surface area contributed by atoms with Crippen LogP contribution in [0, 0.1) is 0 Å². The first kappa shape index (κ1) is 9.48. The zero-order chi connectivity index (χ0) is 8.97. The third-order valence-corrected chi connectivity index (χ3v) is 2.03. The molecule has 1 saturated heterocycles. The number of piperidine rings is 1. The summed E-state index contributed by atoms with van der Waals surface area (Å²) in [6, 6.07) is -0.432. The first-order chi connectivity index (χ1) is 5.75. The van der Waals surface area contributed by atoms with Crippen molar-refractivity contribution < 1.29 is 14.7 Å². The summed E-state index contributed by atoms with van der Waals surface area (Å²) in [6.07, 6.45) is 2.72. The number of aliphatic carboxylic acids is 1. The van der Waals surface area contributed by atoms with Crippen molar-refractivity contribution in [2.24, 2.45) is 0 Å². The normalized spacial score (nSPS) is 25.6. The smallest absolute Gasteiger partial charge is 0.323 e. The van der Waals surface area contributed by atoms with Crippen LogP contribution in [-0.2, 0) is 9.63 Å². The highest BCUT2D eigenvalue weighted by atomic mass is 16.7. The summed E-state index contributed by atoms with van der Waals surface area (Å²) in [7, 11) is 0. The van der Waals surface area contributed by atoms with Gasteiger partial charge in [-0.3, -0.25) is 9.63 Å². The van der Waals surface area contributed by atoms with Gasteiger partial charge in [0.1, 0.15) is 6.04 Å². The molecule has 0 aliphatic carbocycles. The molecule has 0 aromatic heterocycles. The molecule has 0 amide bonds. The van der Waals surface area contributed by atoms with Crippen LogP contribution in [0.3, 0.4) is 0 Å². The van der Waals surface area contributed by atoms with E-state index >= 15 is 0 Å². The maximum Gasteiger partial charge on any atom is 0.323 e. The average molecular weight is 173 g/mol. The Labute approximate surface area is 72.1 Å². The van der Waals surface area contributed by atoms with E-state index in [1.54, 1.807) is 5.06 Å². The van der Waals surface area contributed by atoms with Gasteiger partial charge in [-0.15, -0.1) is 0 Å². The summed E-state index contributed by atoms with van der Waals surface area (Å²) in [6.45, 7) is 3.15. The molecule has 0 saturated carbocycles. The van der Waals surface area contributed by atoms with Gasteiger partial charge in [0.2, 0.25) is 0 Å². The predicted molar refractivity (Wildman–Crippen MR) is 43.6 cm³/mol. The van der Waals surface area contributed by atoms with Crippen molar-refractivity contribution >= 4 is 5.97 Å². The van der Waals surface area contributed by atoms with E-state index in [1.165, 1.54) is 0 Å². The molecule has 4 nitrogen and oxygen atoms in total. The van der Waals surface area contributed by atoms with Gasteiger partial charge in [0.05, 0.1) is 6.61 Å². The molecule has 1 unspecified atom stereocenters. The topological polar surface area (TPSA) is 49.8 Å². The minimum atomic E-state index is -0.775. The zero-order valence-electron chi connectivity index (χ0n) is 7.32. The van der Waals surface area contributed by atoms with Gasteiger partial charge < -0.3 is 5.11 Å². The number of hydrogen-bond acceptors (Lipinski definition) is 3. The van der Waals surface area contributed by atoms with Crippen molar-refractivity contribution in [3.05, 3.63) is 0 Å². The van der Waals surface area contributed by atoms with E-state index in [-0.39, 0.29) is 0 Å². The highest BCUT2D eigenvalue weighted by Crippen LogP contribution is 2.16. The largest absolute Gasteiger partial charge is 0.480 e. The summed E-state index contributed by atoms with van der Waals surface area (Å²) < 4.78 is 0. The molecule has 0 aromatic rings. The summed E-state index contributed by atoms with van der Waals surface area (Å²) >= 11 is 0. The van der Waals surface area contributed by atoms with Gasteiger partial charge >= 0.3 is 5.97 Å². The second kappa shape index (κ2) is 4.42. The van der Waals surface area contributed by atoms with Crippen LogP contribution in [0.15, 0.2) is 0 Å². The molecule has 0 spiro atoms. The average Bonchev–Trinajstić information content (AvgIpc) is 2.05. The number of hydroxylamine groups is 2. The quantitative estimate of drug-likeness (QED) is 0.688. The highest BCUT2D eigenvalue weighted by molar-refractivity contribution is 5.73. The lowest BCUT2D eigenvalue weighted by molar-refractivity contribution is -0.205. The van der Waals surface area contributed by atoms with Crippen molar-refractivity contribution in [1.29, 1.82) is 0 Å². The van der Waals surface area contributed by atoms with Crippen molar-refractivity contribution in [3.63, 3.8) is 0 Å². The Morgan fingerprint density at radius 2 is 2.42 bits per heavy atom. The Balaban J connectivity index is 2.48. The Hall–Kier alpha value is -0.610. The molecule has 12 heavy (non-hydrogen) atoms. The van der Waals surface area contributed by atoms with Gasteiger partial charge in [-0.2, -0.15) is 5.06 Å². The fraction of sp³-hybridized carbons (Fsp3) is 0.875. The van der Waals surface area contributed by atoms with E-state index in [0.29, 0.717) is 13.0 Å². The van der Waals surface area contributed by atoms with Gasteiger partial charge in [-0.05, 0) is 26.2 Å². The molecular formula is C8H15NO3. The molecule has 1 fully saturated rings. The summed E-state index contributed by atoms with van der Waals surface area (Å²) in [5.41, 5.74) is 0. The minimum absolute atomic E-state index is 0.432. The number of rotatable bonds is 3. The fourth-order valence-corrected chi connectivity index (χ4v) is 1.47. The molecule has 70 valence electrons. The molecule has 1 aliphatic rings. The van der Waals surface area contributed by atoms with Gasteiger partial charge in [0.25, 0.3) is 0 Å². The molecule has 1 atom stereocenters. The van der Waals surface area contributed by atoms with E-state index in [0.717, 1.165) is 19.4 Å². The Morgan fingerprint density at radius 1 is 1.67 bits per heavy atom. The molecule has 1 heterocycles. The minimum Gasteiger partial charge on any atom is -0.480 e. The van der Waals surface area contributed by atoms with Crippen LogP contribution >= 0.6 is 0 Å². The molecule has 1 N–H and O–H groups in total. The zero-order valence-corrected chi connectivity index (χ0v) is 7.32. The lowest BCUT2D eigenvalue weighted by Gasteiger charge is -2.31. The first-order valence-electron chi connectivity index (χ1n) is 4.38. The van der Waals surface area contributed by atoms with E-state index in [4.69, 9.17) is 9.94 Å². The monoisotopic (exact) mass is 173 g/mol. The first-order valence-corrected chi connectivity index (χ1v) is 4.38. The van der Waals surface area contributed by atoms with Crippen LogP contribution in [0.5, 0.6) is 0 Å². The lowest BCUT2D eigenvalue weighted by Crippen LogP contribution is -2.44. The number of carboxylic acid groups (broad SMARTS) is 1. The van der Waals surface area contributed by atoms with Crippen LogP contribution in [-0.4, -0.2) is 35.3 Å². The van der Waals surface area contributed by atoms with Gasteiger partial charge in [0.15, 0.2) is 0 Å². The Bertz CT molecular complexity index is 158. The predicted octanol–water partition coefficient (Wildman–Crippen LogP) is 0.877. The van der Waals surface area contributed by atoms with Crippen LogP contribution in [0.4, 0.5) is 0 Å². The van der Waals surface area contributed by atoms with E-state index in [9.17, 15) is 4.79 Å². The number of carboxylic acids is 1. The summed E-state index contributed by atoms with van der Waals surface area (Å²) in [4.78, 5) is 15.9. The number of nitrogens with zero attached hydrogens (tertiary/aromatic N) is 1. The second-order valence-electron chi connectivity index (χ2n) is 2.91. The Kier molecular flexibility index (Phi) is 3.49. The fourth-order valence-electron chi connectivity index (χ4n) is 1.47. The Morgan fingerprint density at radius 3 is 3.00 bits per heavy atom. The summed E-state index contributed by atoms with van der Waals surface area (Å²) in [5, 5.41) is 10.4. The van der Waals surface area contributed by atoms with Crippen LogP contribution in [0.2, 0.25) is 0 Å². The maximum absolute atomic E-state index is 10.7. The van der Waals surface area contributed by atoms with E-state index < -0.39 is 12.0 Å². The maximum atomic E-state index is 10.7. The molecule has 1 aliphatic heterocycles. The second-order valence-corrected chi connectivity index (χ2v) is 2.91. The lowest BCUT2D eigenvalue weighted by atomic mass is 10.1. The van der Waals surface area contributed by atoms with Gasteiger partial charge in [-0.1, -0.05) is 0 Å². The number of hydrogen-bond donors (Lipinski definition) is 1. The van der Waals surface area contributed by atoms with E-state index in [1.807, 2.05) is 6.92 Å². The van der Waals surface area contributed by atoms with E-state index in [2.05, 4.69) is 0 Å². The SMILES string of the molecule is CCON1CCCCC1C(=O)O. The molecule has 0 aromatic carbocycles. The molecule has 0 bridgehead atoms. The molecule has 4 heteroatoms. The molecule has 1 rings (SSSR count). The summed E-state index contributed by atoms with van der Waals surface area (Å²) in [5.74, 6) is -0.775. The van der Waals surface area contributed by atoms with Crippen LogP contribution < -0.4 is 0 Å².